The molecule has 4 unspecified atom stereocenters. The fourth-order valence-corrected chi connectivity index (χ4v) is 5.42. The van der Waals surface area contributed by atoms with Crippen molar-refractivity contribution in [2.45, 2.75) is 116 Å². The molecule has 1 aliphatic heterocycles. The number of carboxylic acids is 3. The molecule has 9 N–H and O–H groups in total. The Morgan fingerprint density at radius 1 is 0.851 bits per heavy atom. The van der Waals surface area contributed by atoms with E-state index < -0.39 is 47.2 Å². The fourth-order valence-electron chi connectivity index (χ4n) is 3.66. The number of aliphatic carboxylic acids is 3. The normalized spacial score (nSPS) is 14.7. The summed E-state index contributed by atoms with van der Waals surface area (Å²) in [5.41, 5.74) is 16.7. The number of carbonyl (C=O) groups is 3. The fraction of sp³-hybridized carbons (Fsp3) is 0.727. The molecular formula is C33H61N3O9S2. The summed E-state index contributed by atoms with van der Waals surface area (Å²) in [6, 6.07) is 3.90. The third kappa shape index (κ3) is 23.7. The van der Waals surface area contributed by atoms with Crippen LogP contribution in [-0.2, 0) is 32.0 Å². The van der Waals surface area contributed by atoms with Crippen molar-refractivity contribution in [3.63, 3.8) is 0 Å². The Kier molecular flexibility index (Phi) is 27.6. The zero-order chi connectivity index (χ0) is 36.5. The Balaban J connectivity index is 0. The topological polar surface area (TPSA) is 231 Å². The van der Waals surface area contributed by atoms with Gasteiger partial charge >= 0.3 is 17.9 Å². The van der Waals surface area contributed by atoms with Crippen LogP contribution >= 0.6 is 11.8 Å². The number of fused-ring (bicyclic) bond motifs is 1. The lowest BCUT2D eigenvalue weighted by molar-refractivity contribution is -0.140. The van der Waals surface area contributed by atoms with E-state index in [1.54, 1.807) is 39.5 Å². The Bertz CT molecular complexity index is 978. The monoisotopic (exact) mass is 707 g/mol. The molecule has 0 fully saturated rings. The van der Waals surface area contributed by atoms with E-state index in [0.29, 0.717) is 13.2 Å². The molecule has 0 bridgehead atoms. The van der Waals surface area contributed by atoms with Crippen LogP contribution in [0.25, 0.3) is 0 Å². The average molecular weight is 708 g/mol. The summed E-state index contributed by atoms with van der Waals surface area (Å²) in [4.78, 5) is 30.1. The van der Waals surface area contributed by atoms with Crippen LogP contribution in [0.2, 0.25) is 0 Å². The summed E-state index contributed by atoms with van der Waals surface area (Å²) in [7, 11) is 0. The minimum atomic E-state index is -0.931. The number of unbranched alkanes of at least 4 members (excludes halogenated alkanes) is 5. The van der Waals surface area contributed by atoms with E-state index >= 15 is 0 Å². The van der Waals surface area contributed by atoms with Crippen molar-refractivity contribution in [1.29, 1.82) is 0 Å². The quantitative estimate of drug-likeness (QED) is 0.0897. The van der Waals surface area contributed by atoms with Crippen LogP contribution in [0.1, 0.15) is 92.1 Å². The van der Waals surface area contributed by atoms with Crippen molar-refractivity contribution >= 4 is 40.8 Å². The number of nitrogens with two attached hydrogens (primary N) is 3. The van der Waals surface area contributed by atoms with E-state index in [0.717, 1.165) is 35.8 Å². The molecule has 0 amide bonds. The molecule has 2 rings (SSSR count). The Labute approximate surface area is 289 Å². The van der Waals surface area contributed by atoms with Gasteiger partial charge in [-0.05, 0) is 67.7 Å². The highest BCUT2D eigenvalue weighted by Crippen LogP contribution is 2.33. The first-order valence-corrected chi connectivity index (χ1v) is 19.0. The number of benzene rings is 1. The van der Waals surface area contributed by atoms with Crippen molar-refractivity contribution in [2.75, 3.05) is 24.6 Å². The minimum Gasteiger partial charge on any atom is -0.616 e. The molecule has 0 aromatic heterocycles. The van der Waals surface area contributed by atoms with Crippen LogP contribution in [-0.4, -0.2) is 85.7 Å². The van der Waals surface area contributed by atoms with Crippen LogP contribution < -0.4 is 26.7 Å². The summed E-state index contributed by atoms with van der Waals surface area (Å²) >= 11 is 0.861. The van der Waals surface area contributed by atoms with Crippen molar-refractivity contribution in [3.05, 3.63) is 23.8 Å². The van der Waals surface area contributed by atoms with E-state index in [1.165, 1.54) is 37.7 Å². The van der Waals surface area contributed by atoms with Gasteiger partial charge in [0, 0.05) is 6.42 Å². The van der Waals surface area contributed by atoms with Crippen molar-refractivity contribution in [3.8, 4) is 11.5 Å². The van der Waals surface area contributed by atoms with Crippen LogP contribution in [0.5, 0.6) is 11.5 Å². The number of rotatable bonds is 18. The van der Waals surface area contributed by atoms with Gasteiger partial charge in [0.25, 0.3) is 0 Å². The van der Waals surface area contributed by atoms with Gasteiger partial charge in [0.05, 0.1) is 0 Å². The molecule has 1 heterocycles. The molecule has 14 heteroatoms. The van der Waals surface area contributed by atoms with Crippen LogP contribution in [0, 0.1) is 11.8 Å². The number of thioether (sulfide) groups is 1. The Morgan fingerprint density at radius 2 is 1.36 bits per heavy atom. The molecule has 5 atom stereocenters. The second kappa shape index (κ2) is 27.7. The maximum Gasteiger partial charge on any atom is 0.320 e. The van der Waals surface area contributed by atoms with E-state index in [-0.39, 0.29) is 17.1 Å². The molecule has 0 saturated heterocycles. The number of hydrogen-bond donors (Lipinski definition) is 6. The van der Waals surface area contributed by atoms with Crippen molar-refractivity contribution in [2.24, 2.45) is 29.0 Å². The van der Waals surface area contributed by atoms with Gasteiger partial charge in [-0.3, -0.25) is 14.4 Å². The lowest BCUT2D eigenvalue weighted by Gasteiger charge is -2.18. The molecule has 0 spiro atoms. The molecule has 12 nitrogen and oxygen atoms in total. The summed E-state index contributed by atoms with van der Waals surface area (Å²) in [5.74, 6) is 0.533. The molecule has 47 heavy (non-hydrogen) atoms. The zero-order valence-corrected chi connectivity index (χ0v) is 30.9. The van der Waals surface area contributed by atoms with Gasteiger partial charge < -0.3 is 46.5 Å². The lowest BCUT2D eigenvalue weighted by Crippen LogP contribution is -2.34. The molecule has 1 aromatic carbocycles. The predicted octanol–water partition coefficient (Wildman–Crippen LogP) is 4.72. The molecule has 274 valence electrons. The highest BCUT2D eigenvalue weighted by molar-refractivity contribution is 7.98. The third-order valence-corrected chi connectivity index (χ3v) is 9.46. The molecule has 0 radical (unpaired) electrons. The van der Waals surface area contributed by atoms with E-state index in [1.807, 2.05) is 24.5 Å². The van der Waals surface area contributed by atoms with Crippen LogP contribution in [0.3, 0.4) is 0 Å². The highest BCUT2D eigenvalue weighted by atomic mass is 32.2. The Hall–Kier alpha value is -2.23. The second-order valence-corrected chi connectivity index (χ2v) is 15.0. The van der Waals surface area contributed by atoms with Gasteiger partial charge in [0.1, 0.15) is 29.1 Å². The number of ether oxygens (including phenoxy) is 2. The standard InChI is InChI=1S/C18H28O3S.C5H11NO2S.2C5H11NO2/c1-3-4-5-6-7-8-11-22(19)15(2)12-16-9-10-17-18(13-16)21-14-20-17;1-9-3-2-4(6)5(7)8;2*1-3(2)4(6)5(7)8/h9-10,13,15H,3-8,11-12,14H2,1-2H3;4H,2-3,6H2,1H3,(H,7,8);2*3-4H,6H2,1-2H3,(H,7,8)/t;;4-;/m..0./s1. The second-order valence-electron chi connectivity index (χ2n) is 12.0. The lowest BCUT2D eigenvalue weighted by atomic mass is 10.1. The van der Waals surface area contributed by atoms with E-state index in [4.69, 9.17) is 42.0 Å². The molecule has 1 aromatic rings. The van der Waals surface area contributed by atoms with E-state index in [9.17, 15) is 18.9 Å². The largest absolute Gasteiger partial charge is 0.616 e. The summed E-state index contributed by atoms with van der Waals surface area (Å²) < 4.78 is 23.0. The van der Waals surface area contributed by atoms with Gasteiger partial charge in [-0.1, -0.05) is 77.5 Å². The van der Waals surface area contributed by atoms with Gasteiger partial charge in [-0.2, -0.15) is 11.8 Å². The summed E-state index contributed by atoms with van der Waals surface area (Å²) in [6.45, 7) is 11.7. The maximum atomic E-state index is 12.3. The van der Waals surface area contributed by atoms with Gasteiger partial charge in [0.2, 0.25) is 6.79 Å². The van der Waals surface area contributed by atoms with Crippen molar-refractivity contribution < 1.29 is 43.7 Å². The zero-order valence-electron chi connectivity index (χ0n) is 29.3. The van der Waals surface area contributed by atoms with Gasteiger partial charge in [-0.15, -0.1) is 0 Å². The highest BCUT2D eigenvalue weighted by Gasteiger charge is 2.20. The first-order chi connectivity index (χ1) is 22.0. The SMILES string of the molecule is CC(C)C(N)C(=O)O.CC(C)[C@H](N)C(=O)O.CCCCCCCC[S+]([O-])C(C)Cc1ccc2c(c1)OCO2.CSCCC(N)C(=O)O. The first-order valence-electron chi connectivity index (χ1n) is 16.2. The van der Waals surface area contributed by atoms with Gasteiger partial charge in [0.15, 0.2) is 11.5 Å². The number of hydrogen-bond acceptors (Lipinski definition) is 10. The van der Waals surface area contributed by atoms with Crippen LogP contribution in [0.4, 0.5) is 0 Å². The van der Waals surface area contributed by atoms with Gasteiger partial charge in [-0.25, -0.2) is 0 Å². The molecule has 0 aliphatic carbocycles. The van der Waals surface area contributed by atoms with Crippen LogP contribution in [0.15, 0.2) is 18.2 Å². The summed E-state index contributed by atoms with van der Waals surface area (Å²) in [6.07, 6.45) is 10.8. The van der Waals surface area contributed by atoms with Crippen molar-refractivity contribution in [1.82, 2.24) is 0 Å². The Morgan fingerprint density at radius 3 is 1.81 bits per heavy atom. The third-order valence-electron chi connectivity index (χ3n) is 7.06. The molecular weight excluding hydrogens is 647 g/mol. The predicted molar refractivity (Wildman–Crippen MR) is 192 cm³/mol. The van der Waals surface area contributed by atoms with E-state index in [2.05, 4.69) is 13.8 Å². The number of carboxylic acid groups (broad SMARTS) is 3. The minimum absolute atomic E-state index is 0.0208. The first kappa shape index (κ1) is 46.9. The molecule has 1 aliphatic rings. The average Bonchev–Trinajstić information content (AvgIpc) is 3.49. The molecule has 0 saturated carbocycles. The maximum absolute atomic E-state index is 12.3. The smallest absolute Gasteiger partial charge is 0.320 e. The summed E-state index contributed by atoms with van der Waals surface area (Å²) in [5, 5.41) is 24.9.